The summed E-state index contributed by atoms with van der Waals surface area (Å²) in [6, 6.07) is 0. The molecule has 0 saturated carbocycles. The van der Waals surface area contributed by atoms with Crippen LogP contribution in [0.5, 0.6) is 0 Å². The Morgan fingerprint density at radius 1 is 0.289 bits per heavy atom. The number of hydrogen-bond donors (Lipinski definition) is 3. The number of carbonyl (C=O) groups is 3. The van der Waals surface area contributed by atoms with E-state index in [1.807, 2.05) is 0 Å². The lowest BCUT2D eigenvalue weighted by atomic mass is 10.1. The average Bonchev–Trinajstić information content (AvgIpc) is 3.03. The summed E-state index contributed by atoms with van der Waals surface area (Å²) in [6.07, 6.45) is 25.4. The van der Waals surface area contributed by atoms with Crippen LogP contribution in [0.15, 0.2) is 0 Å². The van der Waals surface area contributed by atoms with Gasteiger partial charge in [0.05, 0.1) is 0 Å². The van der Waals surface area contributed by atoms with Crippen LogP contribution in [0.4, 0.5) is 0 Å². The van der Waals surface area contributed by atoms with E-state index >= 15 is 0 Å². The van der Waals surface area contributed by atoms with Crippen LogP contribution < -0.4 is 16.0 Å². The van der Waals surface area contributed by atoms with Crippen molar-refractivity contribution in [3.05, 3.63) is 0 Å². The smallest absolute Gasteiger partial charge is 0.305 e. The Morgan fingerprint density at radius 2 is 0.511 bits per heavy atom. The summed E-state index contributed by atoms with van der Waals surface area (Å²) >= 11 is 0. The molecule has 1 aliphatic heterocycles. The van der Waals surface area contributed by atoms with Crippen molar-refractivity contribution in [3.63, 3.8) is 0 Å². The monoisotopic (exact) mass is 640 g/mol. The molecule has 0 aromatic carbocycles. The van der Waals surface area contributed by atoms with E-state index in [1.54, 1.807) is 0 Å². The number of ether oxygens (including phenoxy) is 3. The van der Waals surface area contributed by atoms with Gasteiger partial charge in [-0.05, 0) is 58.2 Å². The Balaban J connectivity index is 2.13. The summed E-state index contributed by atoms with van der Waals surface area (Å²) in [4.78, 5) is 35.8. The maximum Gasteiger partial charge on any atom is 0.305 e. The number of nitrogens with one attached hydrogen (secondary N) is 3. The zero-order valence-corrected chi connectivity index (χ0v) is 28.8. The summed E-state index contributed by atoms with van der Waals surface area (Å²) in [5.74, 6) is -0.237. The fourth-order valence-corrected chi connectivity index (χ4v) is 5.51. The predicted molar refractivity (Wildman–Crippen MR) is 182 cm³/mol. The first-order valence-electron chi connectivity index (χ1n) is 18.8. The third-order valence-electron chi connectivity index (χ3n) is 8.33. The van der Waals surface area contributed by atoms with Crippen molar-refractivity contribution in [1.29, 1.82) is 0 Å². The van der Waals surface area contributed by atoms with E-state index in [0.717, 1.165) is 97.1 Å². The Morgan fingerprint density at radius 3 is 0.778 bits per heavy atom. The summed E-state index contributed by atoms with van der Waals surface area (Å²) in [6.45, 7) is 6.40. The molecule has 0 spiro atoms. The SMILES string of the molecule is O=C1CCCCCCCCCNCCOC(=O)CCCCCCCCCNCCOC(=O)CCCCCCCCCNCCO1. The molecular weight excluding hydrogens is 570 g/mol. The van der Waals surface area contributed by atoms with E-state index in [1.165, 1.54) is 77.0 Å². The highest BCUT2D eigenvalue weighted by molar-refractivity contribution is 5.69. The third kappa shape index (κ3) is 32.0. The van der Waals surface area contributed by atoms with Crippen LogP contribution in [0.25, 0.3) is 0 Å². The standard InChI is InChI=1S/C36H69N3O6/c40-34-22-16-10-4-1-7-13-19-25-37-28-31-44-35(41)23-17-11-5-2-9-15-21-27-39-30-33-45-36(42)24-18-12-6-3-8-14-20-26-38-29-32-43-34/h37-39H,1-33H2. The molecule has 0 amide bonds. The highest BCUT2D eigenvalue weighted by atomic mass is 16.5. The molecule has 1 fully saturated rings. The van der Waals surface area contributed by atoms with Gasteiger partial charge >= 0.3 is 17.9 Å². The van der Waals surface area contributed by atoms with Crippen LogP contribution in [-0.4, -0.2) is 77.0 Å². The first-order valence-corrected chi connectivity index (χ1v) is 18.8. The zero-order chi connectivity index (χ0) is 32.3. The molecular formula is C36H69N3O6. The van der Waals surface area contributed by atoms with E-state index in [0.29, 0.717) is 39.1 Å². The van der Waals surface area contributed by atoms with Gasteiger partial charge in [0, 0.05) is 38.9 Å². The molecule has 1 heterocycles. The van der Waals surface area contributed by atoms with Crippen molar-refractivity contribution in [1.82, 2.24) is 16.0 Å². The van der Waals surface area contributed by atoms with Crippen LogP contribution in [-0.2, 0) is 28.6 Å². The highest BCUT2D eigenvalue weighted by Crippen LogP contribution is 2.11. The second-order valence-corrected chi connectivity index (χ2v) is 12.6. The quantitative estimate of drug-likeness (QED) is 0.195. The molecule has 0 radical (unpaired) electrons. The topological polar surface area (TPSA) is 115 Å². The summed E-state index contributed by atoms with van der Waals surface area (Å²) in [7, 11) is 0. The van der Waals surface area contributed by atoms with Gasteiger partial charge < -0.3 is 30.2 Å². The van der Waals surface area contributed by atoms with Crippen LogP contribution in [0.3, 0.4) is 0 Å². The maximum atomic E-state index is 11.9. The first-order chi connectivity index (χ1) is 22.2. The average molecular weight is 640 g/mol. The minimum absolute atomic E-state index is 0.0790. The molecule has 3 N–H and O–H groups in total. The molecule has 9 nitrogen and oxygen atoms in total. The van der Waals surface area contributed by atoms with Crippen LogP contribution in [0, 0.1) is 0 Å². The van der Waals surface area contributed by atoms with Crippen molar-refractivity contribution in [2.75, 3.05) is 59.1 Å². The Hall–Kier alpha value is -1.71. The number of esters is 3. The first kappa shape index (κ1) is 41.3. The van der Waals surface area contributed by atoms with Crippen molar-refractivity contribution < 1.29 is 28.6 Å². The fourth-order valence-electron chi connectivity index (χ4n) is 5.51. The van der Waals surface area contributed by atoms with E-state index in [-0.39, 0.29) is 17.9 Å². The minimum atomic E-state index is -0.0790. The number of rotatable bonds is 0. The zero-order valence-electron chi connectivity index (χ0n) is 28.8. The van der Waals surface area contributed by atoms with Crippen molar-refractivity contribution in [3.8, 4) is 0 Å². The molecule has 264 valence electrons. The fraction of sp³-hybridized carbons (Fsp3) is 0.917. The maximum absolute atomic E-state index is 11.9. The van der Waals surface area contributed by atoms with Gasteiger partial charge in [-0.15, -0.1) is 0 Å². The van der Waals surface area contributed by atoms with Gasteiger partial charge in [0.25, 0.3) is 0 Å². The van der Waals surface area contributed by atoms with Gasteiger partial charge in [-0.1, -0.05) is 96.3 Å². The lowest BCUT2D eigenvalue weighted by molar-refractivity contribution is -0.144. The van der Waals surface area contributed by atoms with E-state index in [9.17, 15) is 14.4 Å². The predicted octanol–water partition coefficient (Wildman–Crippen LogP) is 6.76. The van der Waals surface area contributed by atoms with Gasteiger partial charge in [-0.25, -0.2) is 0 Å². The minimum Gasteiger partial charge on any atom is -0.464 e. The third-order valence-corrected chi connectivity index (χ3v) is 8.33. The molecule has 0 bridgehead atoms. The Labute approximate surface area is 275 Å². The molecule has 45 heavy (non-hydrogen) atoms. The molecule has 0 aromatic heterocycles. The number of carbonyl (C=O) groups excluding carboxylic acids is 3. The second-order valence-electron chi connectivity index (χ2n) is 12.6. The summed E-state index contributed by atoms with van der Waals surface area (Å²) < 4.78 is 16.0. The Bertz CT molecular complexity index is 555. The lowest BCUT2D eigenvalue weighted by Gasteiger charge is -2.08. The molecule has 0 atom stereocenters. The van der Waals surface area contributed by atoms with Crippen LogP contribution in [0.2, 0.25) is 0 Å². The lowest BCUT2D eigenvalue weighted by Crippen LogP contribution is -2.22. The summed E-state index contributed by atoms with van der Waals surface area (Å²) in [5, 5.41) is 10.1. The molecule has 1 saturated heterocycles. The summed E-state index contributed by atoms with van der Waals surface area (Å²) in [5.41, 5.74) is 0. The molecule has 0 aromatic rings. The van der Waals surface area contributed by atoms with Crippen molar-refractivity contribution in [2.24, 2.45) is 0 Å². The second kappa shape index (κ2) is 33.6. The van der Waals surface area contributed by atoms with Crippen molar-refractivity contribution >= 4 is 17.9 Å². The van der Waals surface area contributed by atoms with Gasteiger partial charge in [0.1, 0.15) is 19.8 Å². The van der Waals surface area contributed by atoms with Crippen LogP contribution >= 0.6 is 0 Å². The molecule has 0 unspecified atom stereocenters. The van der Waals surface area contributed by atoms with Gasteiger partial charge in [-0.2, -0.15) is 0 Å². The molecule has 0 aliphatic carbocycles. The molecule has 1 rings (SSSR count). The normalized spacial score (nSPS) is 22.8. The van der Waals surface area contributed by atoms with Gasteiger partial charge in [0.2, 0.25) is 0 Å². The van der Waals surface area contributed by atoms with Crippen molar-refractivity contribution in [2.45, 2.75) is 154 Å². The number of cyclic esters (lactones) is 3. The van der Waals surface area contributed by atoms with Gasteiger partial charge in [0.15, 0.2) is 0 Å². The van der Waals surface area contributed by atoms with E-state index in [2.05, 4.69) is 16.0 Å². The largest absolute Gasteiger partial charge is 0.464 e. The van der Waals surface area contributed by atoms with Gasteiger partial charge in [-0.3, -0.25) is 14.4 Å². The molecule has 9 heteroatoms. The Kier molecular flexibility index (Phi) is 30.9. The molecule has 1 aliphatic rings. The highest BCUT2D eigenvalue weighted by Gasteiger charge is 2.05. The van der Waals surface area contributed by atoms with E-state index < -0.39 is 0 Å². The van der Waals surface area contributed by atoms with Crippen LogP contribution in [0.1, 0.15) is 154 Å². The number of hydrogen-bond acceptors (Lipinski definition) is 9. The van der Waals surface area contributed by atoms with E-state index in [4.69, 9.17) is 14.2 Å².